The van der Waals surface area contributed by atoms with Crippen LogP contribution in [0, 0.1) is 11.6 Å². The van der Waals surface area contributed by atoms with Crippen molar-refractivity contribution in [1.82, 2.24) is 4.90 Å². The Labute approximate surface area is 134 Å². The third-order valence-corrected chi connectivity index (χ3v) is 4.41. The molecule has 1 amide bonds. The number of carbonyl (C=O) groups excluding carboxylic acids is 1. The summed E-state index contributed by atoms with van der Waals surface area (Å²) < 4.78 is 27.7. The third kappa shape index (κ3) is 2.37. The monoisotopic (exact) mass is 366 g/mol. The molecule has 0 aliphatic carbocycles. The lowest BCUT2D eigenvalue weighted by Gasteiger charge is -2.25. The van der Waals surface area contributed by atoms with Gasteiger partial charge in [0.2, 0.25) is 0 Å². The second kappa shape index (κ2) is 5.35. The van der Waals surface area contributed by atoms with Gasteiger partial charge in [-0.1, -0.05) is 22.0 Å². The predicted molar refractivity (Wildman–Crippen MR) is 83.2 cm³/mol. The highest BCUT2D eigenvalue weighted by atomic mass is 79.9. The van der Waals surface area contributed by atoms with Crippen molar-refractivity contribution >= 4 is 27.5 Å². The maximum absolute atomic E-state index is 13.9. The van der Waals surface area contributed by atoms with Crippen LogP contribution in [-0.4, -0.2) is 10.8 Å². The number of benzene rings is 2. The third-order valence-electron chi connectivity index (χ3n) is 3.95. The predicted octanol–water partition coefficient (Wildman–Crippen LogP) is 4.03. The minimum Gasteiger partial charge on any atom is -0.398 e. The van der Waals surface area contributed by atoms with Crippen molar-refractivity contribution < 1.29 is 13.6 Å². The quantitative estimate of drug-likeness (QED) is 0.815. The Morgan fingerprint density at radius 1 is 1.27 bits per heavy atom. The van der Waals surface area contributed by atoms with Gasteiger partial charge in [0.15, 0.2) is 0 Å². The smallest absolute Gasteiger partial charge is 0.255 e. The van der Waals surface area contributed by atoms with Crippen molar-refractivity contribution in [2.24, 2.45) is 0 Å². The van der Waals surface area contributed by atoms with Crippen LogP contribution in [0.4, 0.5) is 14.5 Å². The molecule has 1 unspecified atom stereocenters. The molecule has 1 aliphatic rings. The molecule has 1 heterocycles. The van der Waals surface area contributed by atoms with E-state index in [1.165, 1.54) is 17.0 Å². The Kier molecular flexibility index (Phi) is 3.64. The summed E-state index contributed by atoms with van der Waals surface area (Å²) in [5, 5.41) is 0. The molecule has 0 bridgehead atoms. The van der Waals surface area contributed by atoms with E-state index < -0.39 is 17.7 Å². The number of amides is 1. The second-order valence-corrected chi connectivity index (χ2v) is 6.21. The highest BCUT2D eigenvalue weighted by molar-refractivity contribution is 9.10. The van der Waals surface area contributed by atoms with Gasteiger partial charge in [0.25, 0.3) is 5.91 Å². The fraction of sp³-hybridized carbons (Fsp3) is 0.188. The molecule has 0 radical (unpaired) electrons. The molecule has 0 spiro atoms. The van der Waals surface area contributed by atoms with Gasteiger partial charge in [-0.15, -0.1) is 0 Å². The highest BCUT2D eigenvalue weighted by Gasteiger charge is 2.33. The molecular weight excluding hydrogens is 354 g/mol. The summed E-state index contributed by atoms with van der Waals surface area (Å²) >= 11 is 3.31. The maximum atomic E-state index is 13.9. The molecule has 3 nitrogen and oxygen atoms in total. The van der Waals surface area contributed by atoms with E-state index in [9.17, 15) is 13.6 Å². The van der Waals surface area contributed by atoms with Gasteiger partial charge in [-0.25, -0.2) is 8.78 Å². The first-order valence-electron chi connectivity index (χ1n) is 6.72. The molecule has 6 heteroatoms. The number of nitrogens with two attached hydrogens (primary N) is 1. The minimum atomic E-state index is -0.662. The van der Waals surface area contributed by atoms with Gasteiger partial charge in [0.05, 0.1) is 6.04 Å². The van der Waals surface area contributed by atoms with Crippen molar-refractivity contribution in [3.8, 4) is 0 Å². The van der Waals surface area contributed by atoms with Gasteiger partial charge in [0.1, 0.15) is 11.6 Å². The molecule has 3 rings (SSSR count). The molecule has 2 N–H and O–H groups in total. The Morgan fingerprint density at radius 2 is 2.00 bits per heavy atom. The van der Waals surface area contributed by atoms with Crippen molar-refractivity contribution in [3.05, 3.63) is 63.1 Å². The fourth-order valence-corrected chi connectivity index (χ4v) is 3.22. The molecule has 0 aromatic heterocycles. The van der Waals surface area contributed by atoms with Crippen LogP contribution in [0.3, 0.4) is 0 Å². The number of rotatable bonds is 2. The average molecular weight is 367 g/mol. The summed E-state index contributed by atoms with van der Waals surface area (Å²) in [6.45, 7) is 2.02. The van der Waals surface area contributed by atoms with E-state index in [4.69, 9.17) is 5.73 Å². The zero-order valence-corrected chi connectivity index (χ0v) is 13.3. The summed E-state index contributed by atoms with van der Waals surface area (Å²) in [4.78, 5) is 14.1. The standard InChI is InChI=1S/C16H13BrF2N2O/c1-8(11-3-2-10(18)6-14(11)19)21-7-13-12(16(21)22)4-9(17)5-15(13)20/h2-6,8H,7,20H2,1H3. The Balaban J connectivity index is 1.97. The Morgan fingerprint density at radius 3 is 2.68 bits per heavy atom. The van der Waals surface area contributed by atoms with Crippen molar-refractivity contribution in [2.75, 3.05) is 5.73 Å². The molecular formula is C16H13BrF2N2O. The number of carbonyl (C=O) groups is 1. The first kappa shape index (κ1) is 15.0. The molecule has 2 aromatic rings. The fourth-order valence-electron chi connectivity index (χ4n) is 2.74. The second-order valence-electron chi connectivity index (χ2n) is 5.30. The molecule has 22 heavy (non-hydrogen) atoms. The number of nitrogen functional groups attached to an aromatic ring is 1. The van der Waals surface area contributed by atoms with Gasteiger partial charge in [-0.05, 0) is 25.1 Å². The van der Waals surface area contributed by atoms with E-state index in [0.29, 0.717) is 17.8 Å². The molecule has 2 aromatic carbocycles. The molecule has 1 atom stereocenters. The average Bonchev–Trinajstić information content (AvgIpc) is 2.76. The molecule has 0 fully saturated rings. The molecule has 0 saturated carbocycles. The van der Waals surface area contributed by atoms with Crippen molar-refractivity contribution in [2.45, 2.75) is 19.5 Å². The van der Waals surface area contributed by atoms with E-state index in [1.807, 2.05) is 0 Å². The van der Waals surface area contributed by atoms with E-state index in [-0.39, 0.29) is 11.5 Å². The zero-order valence-electron chi connectivity index (χ0n) is 11.7. The number of hydrogen-bond acceptors (Lipinski definition) is 2. The Bertz CT molecular complexity index is 779. The van der Waals surface area contributed by atoms with Crippen LogP contribution >= 0.6 is 15.9 Å². The van der Waals surface area contributed by atoms with Gasteiger partial charge in [0, 0.05) is 39.5 Å². The molecule has 0 saturated heterocycles. The Hall–Kier alpha value is -1.95. The van der Waals surface area contributed by atoms with Crippen LogP contribution in [0.25, 0.3) is 0 Å². The van der Waals surface area contributed by atoms with Crippen LogP contribution in [0.2, 0.25) is 0 Å². The van der Waals surface area contributed by atoms with Crippen LogP contribution in [0.15, 0.2) is 34.8 Å². The normalized spacial score (nSPS) is 15.1. The molecule has 114 valence electrons. The number of nitrogens with zero attached hydrogens (tertiary/aromatic N) is 1. The van der Waals surface area contributed by atoms with Crippen molar-refractivity contribution in [1.29, 1.82) is 0 Å². The van der Waals surface area contributed by atoms with Gasteiger partial charge in [-0.3, -0.25) is 4.79 Å². The van der Waals surface area contributed by atoms with Crippen LogP contribution < -0.4 is 5.73 Å². The summed E-state index contributed by atoms with van der Waals surface area (Å²) in [7, 11) is 0. The molecule has 1 aliphatic heterocycles. The number of anilines is 1. The van der Waals surface area contributed by atoms with E-state index >= 15 is 0 Å². The lowest BCUT2D eigenvalue weighted by Crippen LogP contribution is -2.28. The van der Waals surface area contributed by atoms with Crippen LogP contribution in [0.5, 0.6) is 0 Å². The summed E-state index contributed by atoms with van der Waals surface area (Å²) in [6.07, 6.45) is 0. The SMILES string of the molecule is CC(c1ccc(F)cc1F)N1Cc2c(N)cc(Br)cc2C1=O. The minimum absolute atomic E-state index is 0.209. The van der Waals surface area contributed by atoms with Crippen LogP contribution in [0.1, 0.15) is 34.5 Å². The summed E-state index contributed by atoms with van der Waals surface area (Å²) in [5.41, 5.74) is 8.01. The van der Waals surface area contributed by atoms with Gasteiger partial charge in [-0.2, -0.15) is 0 Å². The van der Waals surface area contributed by atoms with Gasteiger partial charge < -0.3 is 10.6 Å². The largest absolute Gasteiger partial charge is 0.398 e. The van der Waals surface area contributed by atoms with Crippen LogP contribution in [-0.2, 0) is 6.54 Å². The lowest BCUT2D eigenvalue weighted by atomic mass is 10.1. The topological polar surface area (TPSA) is 46.3 Å². The lowest BCUT2D eigenvalue weighted by molar-refractivity contribution is 0.0713. The number of hydrogen-bond donors (Lipinski definition) is 1. The van der Waals surface area contributed by atoms with Gasteiger partial charge >= 0.3 is 0 Å². The highest BCUT2D eigenvalue weighted by Crippen LogP contribution is 2.36. The van der Waals surface area contributed by atoms with Crippen molar-refractivity contribution in [3.63, 3.8) is 0 Å². The van der Waals surface area contributed by atoms with E-state index in [2.05, 4.69) is 15.9 Å². The van der Waals surface area contributed by atoms with E-state index in [0.717, 1.165) is 16.1 Å². The summed E-state index contributed by atoms with van der Waals surface area (Å²) in [6, 6.07) is 6.31. The number of halogens is 3. The number of fused-ring (bicyclic) bond motifs is 1. The first-order valence-corrected chi connectivity index (χ1v) is 7.51. The first-order chi connectivity index (χ1) is 10.4. The van der Waals surface area contributed by atoms with E-state index in [1.54, 1.807) is 19.1 Å². The zero-order chi connectivity index (χ0) is 16.0. The maximum Gasteiger partial charge on any atom is 0.255 e. The summed E-state index contributed by atoms with van der Waals surface area (Å²) in [5.74, 6) is -1.51.